The number of pyridine rings is 1. The van der Waals surface area contributed by atoms with Crippen molar-refractivity contribution in [2.75, 3.05) is 5.32 Å². The molecule has 8 heteroatoms. The topological polar surface area (TPSA) is 50.7 Å². The summed E-state index contributed by atoms with van der Waals surface area (Å²) in [6.07, 6.45) is 1.32. The van der Waals surface area contributed by atoms with Crippen LogP contribution in [0.2, 0.25) is 5.02 Å². The van der Waals surface area contributed by atoms with Gasteiger partial charge in [-0.1, -0.05) is 11.6 Å². The molecule has 0 fully saturated rings. The largest absolute Gasteiger partial charge is 0.338 e. The number of rotatable bonds is 2. The Labute approximate surface area is 131 Å². The number of nitrogens with zero attached hydrogens (tertiary/aromatic N) is 3. The highest BCUT2D eigenvalue weighted by Crippen LogP contribution is 2.26. The Bertz CT molecular complexity index is 844. The third-order valence-corrected chi connectivity index (χ3v) is 3.55. The Kier molecular flexibility index (Phi) is 3.69. The van der Waals surface area contributed by atoms with Crippen LogP contribution in [0.3, 0.4) is 0 Å². The molecular weight excluding hydrogens is 366 g/mol. The summed E-state index contributed by atoms with van der Waals surface area (Å²) >= 11 is 8.76. The Balaban J connectivity index is 2.07. The first-order valence-electron chi connectivity index (χ1n) is 5.73. The Morgan fingerprint density at radius 1 is 1.14 bits per heavy atom. The molecule has 21 heavy (non-hydrogen) atoms. The molecule has 1 aromatic carbocycles. The molecule has 3 rings (SSSR count). The van der Waals surface area contributed by atoms with Crippen molar-refractivity contribution in [2.24, 2.45) is 0 Å². The molecule has 2 aromatic heterocycles. The minimum absolute atomic E-state index is 0.0276. The van der Waals surface area contributed by atoms with E-state index in [4.69, 9.17) is 11.6 Å². The third kappa shape index (κ3) is 2.79. The van der Waals surface area contributed by atoms with Crippen molar-refractivity contribution in [3.63, 3.8) is 0 Å². The second kappa shape index (κ2) is 5.50. The van der Waals surface area contributed by atoms with Crippen LogP contribution < -0.4 is 5.32 Å². The van der Waals surface area contributed by atoms with Gasteiger partial charge in [-0.05, 0) is 40.2 Å². The fourth-order valence-corrected chi connectivity index (χ4v) is 2.23. The summed E-state index contributed by atoms with van der Waals surface area (Å²) in [7, 11) is 0. The number of hydrogen-bond donors (Lipinski definition) is 1. The lowest BCUT2D eigenvalue weighted by Gasteiger charge is -2.08. The lowest BCUT2D eigenvalue weighted by Crippen LogP contribution is -1.99. The second-order valence-corrected chi connectivity index (χ2v) is 5.37. The molecule has 0 aliphatic carbocycles. The van der Waals surface area contributed by atoms with Crippen LogP contribution in [0.5, 0.6) is 0 Å². The molecule has 0 atom stereocenters. The predicted octanol–water partition coefficient (Wildman–Crippen LogP) is 4.46. The van der Waals surface area contributed by atoms with E-state index in [9.17, 15) is 8.78 Å². The number of nitrogens with one attached hydrogen (secondary N) is 1. The van der Waals surface area contributed by atoms with Gasteiger partial charge in [0.25, 0.3) is 0 Å². The van der Waals surface area contributed by atoms with Gasteiger partial charge in [0.05, 0.1) is 15.0 Å². The Morgan fingerprint density at radius 2 is 1.95 bits per heavy atom. The van der Waals surface area contributed by atoms with Crippen molar-refractivity contribution < 1.29 is 8.78 Å². The summed E-state index contributed by atoms with van der Waals surface area (Å²) in [5.74, 6) is -0.894. The monoisotopic (exact) mass is 370 g/mol. The second-order valence-electron chi connectivity index (χ2n) is 4.10. The maximum Gasteiger partial charge on any atom is 0.228 e. The van der Waals surface area contributed by atoms with Gasteiger partial charge < -0.3 is 5.32 Å². The van der Waals surface area contributed by atoms with Gasteiger partial charge in [-0.2, -0.15) is 4.39 Å². The van der Waals surface area contributed by atoms with E-state index in [1.807, 2.05) is 0 Å². The van der Waals surface area contributed by atoms with Crippen LogP contribution >= 0.6 is 27.5 Å². The van der Waals surface area contributed by atoms with Crippen LogP contribution in [-0.2, 0) is 0 Å². The van der Waals surface area contributed by atoms with Gasteiger partial charge in [0, 0.05) is 5.69 Å². The van der Waals surface area contributed by atoms with E-state index in [2.05, 4.69) is 36.2 Å². The minimum Gasteiger partial charge on any atom is -0.338 e. The first-order chi connectivity index (χ1) is 10.0. The van der Waals surface area contributed by atoms with E-state index >= 15 is 0 Å². The van der Waals surface area contributed by atoms with Gasteiger partial charge >= 0.3 is 0 Å². The van der Waals surface area contributed by atoms with Gasteiger partial charge in [0.15, 0.2) is 5.82 Å². The van der Waals surface area contributed by atoms with Gasteiger partial charge in [0.2, 0.25) is 5.95 Å². The molecule has 0 bridgehead atoms. The van der Waals surface area contributed by atoms with Crippen LogP contribution in [0.4, 0.5) is 20.3 Å². The molecule has 0 saturated heterocycles. The number of halogens is 4. The zero-order chi connectivity index (χ0) is 15.0. The van der Waals surface area contributed by atoms with E-state index in [1.54, 1.807) is 0 Å². The maximum atomic E-state index is 13.6. The van der Waals surface area contributed by atoms with Crippen molar-refractivity contribution in [3.8, 4) is 0 Å². The van der Waals surface area contributed by atoms with E-state index in [0.29, 0.717) is 17.0 Å². The average molecular weight is 372 g/mol. The Hall–Kier alpha value is -1.86. The number of benzene rings is 1. The van der Waals surface area contributed by atoms with Crippen molar-refractivity contribution in [3.05, 3.63) is 51.9 Å². The molecule has 0 saturated carbocycles. The van der Waals surface area contributed by atoms with Gasteiger partial charge in [0.1, 0.15) is 17.7 Å². The molecule has 2 heterocycles. The van der Waals surface area contributed by atoms with Crippen molar-refractivity contribution in [1.82, 2.24) is 15.0 Å². The molecule has 0 unspecified atom stereocenters. The highest BCUT2D eigenvalue weighted by atomic mass is 79.9. The van der Waals surface area contributed by atoms with Gasteiger partial charge in [-0.3, -0.25) is 0 Å². The van der Waals surface area contributed by atoms with Gasteiger partial charge in [-0.25, -0.2) is 19.3 Å². The third-order valence-electron chi connectivity index (χ3n) is 2.70. The van der Waals surface area contributed by atoms with Crippen LogP contribution in [0.25, 0.3) is 11.0 Å². The standard InChI is InChI=1S/C13H6BrClF2N4/c14-7-4-10-11(21-12(7)17)13(19-5-18-10)20-6-1-2-9(16)8(15)3-6/h1-5H,(H,18,19,20). The number of aromatic nitrogens is 3. The molecule has 106 valence electrons. The van der Waals surface area contributed by atoms with Crippen LogP contribution in [0, 0.1) is 11.8 Å². The summed E-state index contributed by atoms with van der Waals surface area (Å²) in [6.45, 7) is 0. The first-order valence-corrected chi connectivity index (χ1v) is 6.90. The molecule has 0 aliphatic heterocycles. The molecule has 0 spiro atoms. The minimum atomic E-state index is -0.669. The van der Waals surface area contributed by atoms with Crippen molar-refractivity contribution >= 4 is 50.1 Å². The predicted molar refractivity (Wildman–Crippen MR) is 79.7 cm³/mol. The van der Waals surface area contributed by atoms with Gasteiger partial charge in [-0.15, -0.1) is 0 Å². The zero-order valence-electron chi connectivity index (χ0n) is 10.2. The lowest BCUT2D eigenvalue weighted by molar-refractivity contribution is 0.582. The fourth-order valence-electron chi connectivity index (χ4n) is 1.74. The normalized spacial score (nSPS) is 10.9. The summed E-state index contributed by atoms with van der Waals surface area (Å²) in [5, 5.41) is 2.89. The van der Waals surface area contributed by atoms with E-state index in [0.717, 1.165) is 0 Å². The SMILES string of the molecule is Fc1ccc(Nc2ncnc3cc(Br)c(F)nc23)cc1Cl. The van der Waals surface area contributed by atoms with Crippen LogP contribution in [-0.4, -0.2) is 15.0 Å². The summed E-state index contributed by atoms with van der Waals surface area (Å²) in [4.78, 5) is 11.8. The molecule has 4 nitrogen and oxygen atoms in total. The lowest BCUT2D eigenvalue weighted by atomic mass is 10.3. The molecule has 0 aliphatic rings. The molecule has 0 radical (unpaired) electrons. The number of anilines is 2. The van der Waals surface area contributed by atoms with E-state index in [1.165, 1.54) is 30.6 Å². The average Bonchev–Trinajstić information content (AvgIpc) is 2.45. The van der Waals surface area contributed by atoms with Crippen LogP contribution in [0.1, 0.15) is 0 Å². The molecule has 3 aromatic rings. The van der Waals surface area contributed by atoms with E-state index in [-0.39, 0.29) is 15.0 Å². The van der Waals surface area contributed by atoms with Crippen molar-refractivity contribution in [1.29, 1.82) is 0 Å². The highest BCUT2D eigenvalue weighted by Gasteiger charge is 2.11. The molecule has 1 N–H and O–H groups in total. The highest BCUT2D eigenvalue weighted by molar-refractivity contribution is 9.10. The van der Waals surface area contributed by atoms with E-state index < -0.39 is 11.8 Å². The Morgan fingerprint density at radius 3 is 2.71 bits per heavy atom. The summed E-state index contributed by atoms with van der Waals surface area (Å²) in [6, 6.07) is 5.62. The maximum absolute atomic E-state index is 13.6. The zero-order valence-corrected chi connectivity index (χ0v) is 12.6. The summed E-state index contributed by atoms with van der Waals surface area (Å²) < 4.78 is 26.9. The number of fused-ring (bicyclic) bond motifs is 1. The summed E-state index contributed by atoms with van der Waals surface area (Å²) in [5.41, 5.74) is 1.24. The molecule has 0 amide bonds. The smallest absolute Gasteiger partial charge is 0.228 e. The first kappa shape index (κ1) is 14.1. The fraction of sp³-hybridized carbons (Fsp3) is 0. The van der Waals surface area contributed by atoms with Crippen LogP contribution in [0.15, 0.2) is 35.1 Å². The van der Waals surface area contributed by atoms with Crippen molar-refractivity contribution in [2.45, 2.75) is 0 Å². The molecular formula is C13H6BrClF2N4. The number of hydrogen-bond acceptors (Lipinski definition) is 4. The quantitative estimate of drug-likeness (QED) is 0.676.